The van der Waals surface area contributed by atoms with Crippen molar-refractivity contribution in [3.63, 3.8) is 0 Å². The Labute approximate surface area is 174 Å². The molecule has 0 spiro atoms. The first kappa shape index (κ1) is 19.9. The van der Waals surface area contributed by atoms with E-state index in [1.807, 2.05) is 19.1 Å². The maximum atomic E-state index is 14.0. The number of nitro groups is 1. The van der Waals surface area contributed by atoms with Gasteiger partial charge in [0.25, 0.3) is 11.6 Å². The molecule has 0 aliphatic heterocycles. The Bertz CT molecular complexity index is 1330. The van der Waals surface area contributed by atoms with E-state index < -0.39 is 22.3 Å². The minimum absolute atomic E-state index is 0.0113. The van der Waals surface area contributed by atoms with Gasteiger partial charge in [-0.05, 0) is 48.4 Å². The number of nitro benzene ring substituents is 1. The van der Waals surface area contributed by atoms with Crippen molar-refractivity contribution in [1.82, 2.24) is 10.1 Å². The number of carbonyl (C=O) groups is 1. The maximum Gasteiger partial charge on any atom is 0.338 e. The van der Waals surface area contributed by atoms with E-state index in [1.54, 1.807) is 24.3 Å². The quantitative estimate of drug-likeness (QED) is 0.352. The van der Waals surface area contributed by atoms with Crippen molar-refractivity contribution < 1.29 is 23.7 Å². The minimum Gasteiger partial charge on any atom is -0.478 e. The topological polar surface area (TPSA) is 119 Å². The Kier molecular flexibility index (Phi) is 5.00. The fourth-order valence-electron chi connectivity index (χ4n) is 3.20. The summed E-state index contributed by atoms with van der Waals surface area (Å²) in [6.07, 6.45) is 0. The second kappa shape index (κ2) is 7.79. The van der Waals surface area contributed by atoms with Crippen LogP contribution in [0.4, 0.5) is 10.1 Å². The zero-order valence-corrected chi connectivity index (χ0v) is 16.1. The lowest BCUT2D eigenvalue weighted by atomic mass is 9.97. The van der Waals surface area contributed by atoms with E-state index in [0.717, 1.165) is 23.3 Å². The number of aryl methyl sites for hydroxylation is 1. The van der Waals surface area contributed by atoms with Gasteiger partial charge in [0.05, 0.1) is 16.1 Å². The number of aromatic carboxylic acids is 1. The van der Waals surface area contributed by atoms with Gasteiger partial charge < -0.3 is 9.63 Å². The van der Waals surface area contributed by atoms with Crippen LogP contribution >= 0.6 is 0 Å². The summed E-state index contributed by atoms with van der Waals surface area (Å²) in [5.74, 6) is -2.29. The highest BCUT2D eigenvalue weighted by Gasteiger charge is 2.21. The fourth-order valence-corrected chi connectivity index (χ4v) is 3.20. The van der Waals surface area contributed by atoms with Crippen molar-refractivity contribution in [1.29, 1.82) is 0 Å². The molecule has 4 aromatic rings. The molecule has 0 saturated carbocycles. The molecular weight excluding hydrogens is 405 g/mol. The first-order valence-corrected chi connectivity index (χ1v) is 9.07. The van der Waals surface area contributed by atoms with Crippen molar-refractivity contribution in [2.75, 3.05) is 0 Å². The largest absolute Gasteiger partial charge is 0.478 e. The standard InChI is InChI=1S/C22H14FN3O5/c1-12-4-2-3-5-15(12)16-8-7-14(11-19(16)26(29)30)21-24-20(25-31-21)13-6-9-17(22(27)28)18(23)10-13/h2-11H,1H3,(H,27,28). The van der Waals surface area contributed by atoms with E-state index in [4.69, 9.17) is 9.63 Å². The number of rotatable bonds is 5. The third-order valence-corrected chi connectivity index (χ3v) is 4.76. The van der Waals surface area contributed by atoms with Gasteiger partial charge in [-0.3, -0.25) is 10.1 Å². The summed E-state index contributed by atoms with van der Waals surface area (Å²) in [6, 6.07) is 15.3. The van der Waals surface area contributed by atoms with Crippen LogP contribution in [0.5, 0.6) is 0 Å². The summed E-state index contributed by atoms with van der Waals surface area (Å²) in [7, 11) is 0. The summed E-state index contributed by atoms with van der Waals surface area (Å²) >= 11 is 0. The zero-order valence-electron chi connectivity index (χ0n) is 16.1. The Hall–Kier alpha value is -4.40. The predicted molar refractivity (Wildman–Crippen MR) is 109 cm³/mol. The van der Waals surface area contributed by atoms with Gasteiger partial charge in [-0.2, -0.15) is 4.98 Å². The fraction of sp³-hybridized carbons (Fsp3) is 0.0455. The first-order valence-electron chi connectivity index (χ1n) is 9.07. The first-order chi connectivity index (χ1) is 14.8. The van der Waals surface area contributed by atoms with E-state index in [2.05, 4.69) is 10.1 Å². The molecule has 0 saturated heterocycles. The van der Waals surface area contributed by atoms with Gasteiger partial charge in [0.1, 0.15) is 5.82 Å². The zero-order chi connectivity index (χ0) is 22.1. The van der Waals surface area contributed by atoms with Gasteiger partial charge >= 0.3 is 5.97 Å². The smallest absolute Gasteiger partial charge is 0.338 e. The molecule has 1 aromatic heterocycles. The Morgan fingerprint density at radius 3 is 2.48 bits per heavy atom. The van der Waals surface area contributed by atoms with E-state index in [1.165, 1.54) is 12.1 Å². The second-order valence-corrected chi connectivity index (χ2v) is 6.73. The normalized spacial score (nSPS) is 10.8. The van der Waals surface area contributed by atoms with E-state index >= 15 is 0 Å². The van der Waals surface area contributed by atoms with Gasteiger partial charge in [0.2, 0.25) is 5.82 Å². The summed E-state index contributed by atoms with van der Waals surface area (Å²) in [5.41, 5.74) is 2.02. The van der Waals surface area contributed by atoms with Crippen molar-refractivity contribution in [2.24, 2.45) is 0 Å². The van der Waals surface area contributed by atoms with E-state index in [-0.39, 0.29) is 23.0 Å². The van der Waals surface area contributed by atoms with Crippen molar-refractivity contribution in [3.05, 3.63) is 87.7 Å². The molecule has 0 bridgehead atoms. The van der Waals surface area contributed by atoms with Crippen LogP contribution in [0.3, 0.4) is 0 Å². The van der Waals surface area contributed by atoms with Crippen LogP contribution in [0.15, 0.2) is 65.2 Å². The molecule has 0 unspecified atom stereocenters. The van der Waals surface area contributed by atoms with Gasteiger partial charge in [0.15, 0.2) is 0 Å². The molecule has 0 atom stereocenters. The average Bonchev–Trinajstić information content (AvgIpc) is 3.23. The molecular formula is C22H14FN3O5. The number of carboxylic acid groups (broad SMARTS) is 1. The Morgan fingerprint density at radius 2 is 1.81 bits per heavy atom. The predicted octanol–water partition coefficient (Wildman–Crippen LogP) is 5.12. The van der Waals surface area contributed by atoms with Crippen molar-refractivity contribution >= 4 is 11.7 Å². The second-order valence-electron chi connectivity index (χ2n) is 6.73. The maximum absolute atomic E-state index is 14.0. The highest BCUT2D eigenvalue weighted by atomic mass is 19.1. The van der Waals surface area contributed by atoms with Crippen LogP contribution in [0.2, 0.25) is 0 Å². The molecule has 0 aliphatic carbocycles. The molecule has 1 N–H and O–H groups in total. The number of benzene rings is 3. The highest BCUT2D eigenvalue weighted by molar-refractivity contribution is 5.88. The van der Waals surface area contributed by atoms with E-state index in [0.29, 0.717) is 11.1 Å². The lowest BCUT2D eigenvalue weighted by Crippen LogP contribution is -2.00. The average molecular weight is 419 g/mol. The lowest BCUT2D eigenvalue weighted by molar-refractivity contribution is -0.384. The summed E-state index contributed by atoms with van der Waals surface area (Å²) in [4.78, 5) is 26.3. The SMILES string of the molecule is Cc1ccccc1-c1ccc(-c2nc(-c3ccc(C(=O)O)c(F)c3)no2)cc1[N+](=O)[O-]. The minimum atomic E-state index is -1.39. The molecule has 0 amide bonds. The number of carboxylic acids is 1. The molecule has 0 aliphatic rings. The van der Waals surface area contributed by atoms with Crippen LogP contribution in [0.1, 0.15) is 15.9 Å². The highest BCUT2D eigenvalue weighted by Crippen LogP contribution is 2.35. The van der Waals surface area contributed by atoms with E-state index in [9.17, 15) is 19.3 Å². The molecule has 0 fully saturated rings. The van der Waals surface area contributed by atoms with Crippen molar-refractivity contribution in [3.8, 4) is 34.0 Å². The van der Waals surface area contributed by atoms with Gasteiger partial charge in [-0.15, -0.1) is 0 Å². The number of hydrogen-bond donors (Lipinski definition) is 1. The monoisotopic (exact) mass is 419 g/mol. The third kappa shape index (κ3) is 3.76. The number of nitrogens with zero attached hydrogens (tertiary/aromatic N) is 3. The molecule has 4 rings (SSSR count). The summed E-state index contributed by atoms with van der Waals surface area (Å²) in [6.45, 7) is 1.87. The number of aromatic nitrogens is 2. The molecule has 8 nitrogen and oxygen atoms in total. The molecule has 1 heterocycles. The Balaban J connectivity index is 1.73. The van der Waals surface area contributed by atoms with Crippen LogP contribution in [0.25, 0.3) is 34.0 Å². The van der Waals surface area contributed by atoms with Crippen LogP contribution < -0.4 is 0 Å². The molecule has 3 aromatic carbocycles. The van der Waals surface area contributed by atoms with Crippen molar-refractivity contribution in [2.45, 2.75) is 6.92 Å². The van der Waals surface area contributed by atoms with Gasteiger partial charge in [0, 0.05) is 17.2 Å². The third-order valence-electron chi connectivity index (χ3n) is 4.76. The van der Waals surface area contributed by atoms with Crippen LogP contribution in [-0.4, -0.2) is 26.1 Å². The Morgan fingerprint density at radius 1 is 1.06 bits per heavy atom. The van der Waals surface area contributed by atoms with Crippen LogP contribution in [-0.2, 0) is 0 Å². The number of hydrogen-bond acceptors (Lipinski definition) is 6. The van der Waals surface area contributed by atoms with Crippen LogP contribution in [0, 0.1) is 22.9 Å². The summed E-state index contributed by atoms with van der Waals surface area (Å²) in [5, 5.41) is 24.4. The van der Waals surface area contributed by atoms with Gasteiger partial charge in [-0.25, -0.2) is 9.18 Å². The molecule has 0 radical (unpaired) electrons. The molecule has 9 heteroatoms. The number of halogens is 1. The molecule has 31 heavy (non-hydrogen) atoms. The molecule has 154 valence electrons. The lowest BCUT2D eigenvalue weighted by Gasteiger charge is -2.07. The summed E-state index contributed by atoms with van der Waals surface area (Å²) < 4.78 is 19.2. The van der Waals surface area contributed by atoms with Gasteiger partial charge in [-0.1, -0.05) is 29.4 Å².